The molecule has 9 aromatic rings. The van der Waals surface area contributed by atoms with E-state index in [1.165, 1.54) is 50.2 Å². The lowest BCUT2D eigenvalue weighted by atomic mass is 9.89. The van der Waals surface area contributed by atoms with Crippen molar-refractivity contribution < 1.29 is 64.7 Å². The van der Waals surface area contributed by atoms with Crippen molar-refractivity contribution in [1.82, 2.24) is 44.6 Å². The fraction of sp³-hybridized carbons (Fsp3) is 0.365. The lowest BCUT2D eigenvalue weighted by molar-refractivity contribution is -0.134. The largest absolute Gasteiger partial charge is 0.481 e. The summed E-state index contributed by atoms with van der Waals surface area (Å²) in [6.07, 6.45) is 10.3. The summed E-state index contributed by atoms with van der Waals surface area (Å²) >= 11 is 17.7. The van der Waals surface area contributed by atoms with Gasteiger partial charge in [0.15, 0.2) is 23.2 Å². The van der Waals surface area contributed by atoms with E-state index in [1.807, 2.05) is 25.1 Å². The number of anilines is 8. The molecule has 6 aromatic carbocycles. The number of carbonyl (C=O) groups excluding carboxylic acids is 3. The Morgan fingerprint density at radius 1 is 0.542 bits per heavy atom. The van der Waals surface area contributed by atoms with Gasteiger partial charge in [0.1, 0.15) is 55.0 Å². The van der Waals surface area contributed by atoms with E-state index in [4.69, 9.17) is 68.5 Å². The van der Waals surface area contributed by atoms with Gasteiger partial charge in [0, 0.05) is 75.3 Å². The summed E-state index contributed by atoms with van der Waals surface area (Å²) in [5.41, 5.74) is 12.0. The van der Waals surface area contributed by atoms with Crippen LogP contribution in [0.25, 0.3) is 32.7 Å². The molecule has 0 spiro atoms. The van der Waals surface area contributed by atoms with Gasteiger partial charge >= 0.3 is 21.2 Å². The fourth-order valence-electron chi connectivity index (χ4n) is 13.0. The van der Waals surface area contributed by atoms with Gasteiger partial charge in [-0.05, 0) is 207 Å². The highest BCUT2D eigenvalue weighted by molar-refractivity contribution is 7.55. The molecule has 3 saturated heterocycles. The van der Waals surface area contributed by atoms with Gasteiger partial charge in [-0.3, -0.25) is 23.5 Å². The lowest BCUT2D eigenvalue weighted by Gasteiger charge is -2.18. The van der Waals surface area contributed by atoms with Crippen LogP contribution < -0.4 is 27.0 Å². The van der Waals surface area contributed by atoms with Gasteiger partial charge in [-0.1, -0.05) is 94.6 Å². The first-order chi connectivity index (χ1) is 56.1. The highest BCUT2D eigenvalue weighted by Gasteiger charge is 2.34. The van der Waals surface area contributed by atoms with Gasteiger partial charge in [0.2, 0.25) is 5.91 Å². The highest BCUT2D eigenvalue weighted by atomic mass is 35.5. The van der Waals surface area contributed by atoms with Crippen molar-refractivity contribution in [2.45, 2.75) is 88.0 Å². The first-order valence-electron chi connectivity index (χ1n) is 37.8. The van der Waals surface area contributed by atoms with Crippen LogP contribution in [-0.4, -0.2) is 173 Å². The number of ketones is 1. The molecule has 1 amide bonds. The van der Waals surface area contributed by atoms with Crippen LogP contribution in [0.1, 0.15) is 104 Å². The number of nitrogens with zero attached hydrogens (tertiary/aromatic N) is 9. The number of nitrogens with two attached hydrogens (primary N) is 1. The zero-order chi connectivity index (χ0) is 86.1. The minimum atomic E-state index is -3.64. The van der Waals surface area contributed by atoms with Crippen LogP contribution in [-0.2, 0) is 52.8 Å². The molecule has 0 radical (unpaired) electrons. The fourth-order valence-corrected chi connectivity index (χ4v) is 16.3. The van der Waals surface area contributed by atoms with Crippen LogP contribution in [0.5, 0.6) is 0 Å². The van der Waals surface area contributed by atoms with Crippen molar-refractivity contribution in [1.29, 1.82) is 0 Å². The molecule has 3 aliphatic rings. The Morgan fingerprint density at radius 2 is 0.898 bits per heavy atom. The zero-order valence-corrected chi connectivity index (χ0v) is 71.8. The third-order valence-corrected chi connectivity index (χ3v) is 23.3. The summed E-state index contributed by atoms with van der Waals surface area (Å²) in [7, 11) is -0.760. The summed E-state index contributed by atoms with van der Waals surface area (Å²) in [6.45, 7) is 22.6. The average Bonchev–Trinajstić information content (AvgIpc) is 0.861. The predicted molar refractivity (Wildman–Crippen MR) is 461 cm³/mol. The van der Waals surface area contributed by atoms with Crippen LogP contribution in [0.4, 0.5) is 59.1 Å². The number of allylic oxidation sites excluding steroid dienone is 2. The summed E-state index contributed by atoms with van der Waals surface area (Å²) in [4.78, 5) is 77.3. The number of benzene rings is 6. The van der Waals surface area contributed by atoms with Crippen molar-refractivity contribution in [2.24, 2.45) is 16.2 Å². The number of aldehydes is 1. The molecule has 3 aromatic heterocycles. The second-order valence-corrected chi connectivity index (χ2v) is 34.0. The number of hydrogen-bond donors (Lipinski definition) is 6. The van der Waals surface area contributed by atoms with Crippen LogP contribution in [0.2, 0.25) is 15.1 Å². The number of halogens is 6. The summed E-state index contributed by atoms with van der Waals surface area (Å²) in [6, 6.07) is 24.9. The molecule has 0 unspecified atom stereocenters. The molecule has 33 heteroatoms. The van der Waals surface area contributed by atoms with Gasteiger partial charge in [0.05, 0.1) is 86.4 Å². The molecule has 3 atom stereocenters. The molecule has 118 heavy (non-hydrogen) atoms. The molecule has 0 bridgehead atoms. The Morgan fingerprint density at radius 3 is 1.27 bits per heavy atom. The van der Waals surface area contributed by atoms with E-state index in [0.717, 1.165) is 81.5 Å². The number of aliphatic carboxylic acids is 1. The number of carboxylic acid groups (broad SMARTS) is 1. The van der Waals surface area contributed by atoms with Crippen molar-refractivity contribution in [3.05, 3.63) is 177 Å². The van der Waals surface area contributed by atoms with Gasteiger partial charge < -0.3 is 69.7 Å². The van der Waals surface area contributed by atoms with Crippen molar-refractivity contribution >= 4 is 153 Å². The van der Waals surface area contributed by atoms with Crippen LogP contribution in [0.15, 0.2) is 122 Å². The molecule has 6 heterocycles. The molecular weight excluding hydrogens is 1620 g/mol. The van der Waals surface area contributed by atoms with Crippen LogP contribution >= 0.6 is 50.0 Å². The van der Waals surface area contributed by atoms with Crippen molar-refractivity contribution in [3.8, 4) is 35.5 Å². The normalized spacial score (nSPS) is 17.2. The molecule has 3 aliphatic heterocycles. The number of carbonyl (C=O) groups is 4. The van der Waals surface area contributed by atoms with Gasteiger partial charge in [0.25, 0.3) is 0 Å². The molecule has 624 valence electrons. The quantitative estimate of drug-likeness (QED) is 0.0121. The summed E-state index contributed by atoms with van der Waals surface area (Å²) in [5.74, 6) is 17.7. The smallest absolute Gasteiger partial charge is 0.341 e. The Bertz CT molecular complexity index is 5470. The maximum Gasteiger partial charge on any atom is 0.341 e. The first kappa shape index (κ1) is 93.6. The molecule has 7 N–H and O–H groups in total. The van der Waals surface area contributed by atoms with Crippen LogP contribution in [0, 0.1) is 69.2 Å². The third kappa shape index (κ3) is 26.5. The SMILES string of the molecule is C/C=C/C(=O)Cc1cc2c(Nc3cccc(Cl)c3F)ncnc2cc1C#C[C@@]1(C)CCN(C)C1.CC=O.CCOP(=O)(CC(=O)Nc1cc2c(Nc3cccc(Cl)c3F)ncnc2cc1C#C[C@@]1(C)CCN(C)C1)OCC.CCOP(=O)(CC(=O)O)OCC.CN1CC[C@](C)(C#Cc2cc3ncnc(Nc4cccc(Cl)c4F)c3cc2N)C1. The van der Waals surface area contributed by atoms with E-state index in [2.05, 4.69) is 143 Å². The third-order valence-electron chi connectivity index (χ3n) is 18.5. The standard InChI is InChI=1S/C28H32ClFN5O4P.C27H26ClFN4O.C22H21ClFN5.C6H13O5P.C2H4O/c1-5-38-40(37,39-6-2)16-25(36)33-23-15-20-24(14-19(23)10-11-28(3)12-13-35(4)17-28)31-18-32-27(20)34-22-9-7-8-21(29)26(22)30;1-4-6-20(34)13-19-14-21-24(15-18(19)9-10-27(2)11-12-33(3)16-27)30-17-31-26(21)32-23-8-5-7-22(28)25(23)29;1-22(8-9-29(2)12-22)7-6-14-10-19-15(11-17(14)25)21(27-13-26-19)28-18-5-3-4-16(23)20(18)24;1-3-10-12(9,11-4-2)5-6(7)8;1-2-3/h7-9,14-15,18H,5-6,12-13,16-17H2,1-4H3,(H,33,36)(H,31,32,34);4-8,14-15,17H,11-13,16H2,1-3H3,(H,30,31,32);3-5,10-11,13H,8-9,12,25H2,1-2H3,(H,26,27,28);3-5H2,1-2H3,(H,7,8);2H,1H3/b;6-4+;;;/t28-;27-;22-;;/m000../s1. The molecule has 3 fully saturated rings. The Balaban J connectivity index is 0.000000205. The summed E-state index contributed by atoms with van der Waals surface area (Å²) < 4.78 is 87.8. The highest BCUT2D eigenvalue weighted by Crippen LogP contribution is 2.49. The van der Waals surface area contributed by atoms with Crippen LogP contribution in [0.3, 0.4) is 0 Å². The van der Waals surface area contributed by atoms with E-state index in [0.29, 0.717) is 67.1 Å². The van der Waals surface area contributed by atoms with Gasteiger partial charge in [-0.15, -0.1) is 0 Å². The van der Waals surface area contributed by atoms with E-state index in [1.54, 1.807) is 88.4 Å². The minimum Gasteiger partial charge on any atom is -0.481 e. The maximum atomic E-state index is 14.6. The average molecular weight is 1720 g/mol. The Labute approximate surface area is 700 Å². The first-order valence-corrected chi connectivity index (χ1v) is 42.4. The van der Waals surface area contributed by atoms with E-state index in [9.17, 15) is 36.7 Å². The summed E-state index contributed by atoms with van der Waals surface area (Å²) in [5, 5.41) is 22.0. The number of carboxylic acids is 1. The Hall–Kier alpha value is -9.92. The molecule has 12 rings (SSSR count). The van der Waals surface area contributed by atoms with E-state index < -0.39 is 56.8 Å². The number of amides is 1. The van der Waals surface area contributed by atoms with Gasteiger partial charge in [-0.25, -0.2) is 43.1 Å². The van der Waals surface area contributed by atoms with Crippen molar-refractivity contribution in [3.63, 3.8) is 0 Å². The molecule has 25 nitrogen and oxygen atoms in total. The molecule has 0 saturated carbocycles. The number of likely N-dealkylation sites (tertiary alicyclic amines) is 3. The van der Waals surface area contributed by atoms with Crippen molar-refractivity contribution in [2.75, 3.05) is 126 Å². The van der Waals surface area contributed by atoms with Gasteiger partial charge in [-0.2, -0.15) is 0 Å². The zero-order valence-electron chi connectivity index (χ0n) is 67.7. The molecule has 0 aliphatic carbocycles. The second kappa shape index (κ2) is 43.2. The van der Waals surface area contributed by atoms with E-state index >= 15 is 0 Å². The number of hydrogen-bond acceptors (Lipinski definition) is 23. The second-order valence-electron chi connectivity index (χ2n) is 28.7. The number of fused-ring (bicyclic) bond motifs is 3. The molecular formula is C85H96Cl3F3N14O11P2. The topological polar surface area (TPSA) is 321 Å². The van der Waals surface area contributed by atoms with E-state index in [-0.39, 0.29) is 87.0 Å². The lowest BCUT2D eigenvalue weighted by Crippen LogP contribution is -2.20. The number of rotatable bonds is 22. The predicted octanol–water partition coefficient (Wildman–Crippen LogP) is 17.6. The Kier molecular flexibility index (Phi) is 34.2. The number of nitrogen functional groups attached to an aromatic ring is 1. The number of aromatic nitrogens is 6. The maximum absolute atomic E-state index is 14.6. The number of nitrogens with one attached hydrogen (secondary N) is 4. The minimum absolute atomic E-state index is 0.0182. The monoisotopic (exact) mass is 1710 g/mol.